The Hall–Kier alpha value is -3.10. The van der Waals surface area contributed by atoms with Crippen LogP contribution in [0.2, 0.25) is 5.15 Å². The first-order valence-corrected chi connectivity index (χ1v) is 10.9. The summed E-state index contributed by atoms with van der Waals surface area (Å²) in [4.78, 5) is 28.7. The van der Waals surface area contributed by atoms with E-state index < -0.39 is 11.9 Å². The lowest BCUT2D eigenvalue weighted by Crippen LogP contribution is -2.13. The summed E-state index contributed by atoms with van der Waals surface area (Å²) < 4.78 is 12.7. The van der Waals surface area contributed by atoms with Crippen LogP contribution >= 0.6 is 27.5 Å². The van der Waals surface area contributed by atoms with Gasteiger partial charge in [-0.1, -0.05) is 36.7 Å². The first-order chi connectivity index (χ1) is 15.4. The van der Waals surface area contributed by atoms with Crippen LogP contribution in [-0.2, 0) is 17.7 Å². The average molecular weight is 518 g/mol. The standard InChI is InChI=1S/C23H18BrClN2O5/c1-3-17-26-21(25)20(22(28)29)27(17)10-15-12-8-9-32-11-16(12)19(24)18(15)13-6-4-5-7-14(13)23(30)31-2/h4-9,11H,3,10H2,1-2H3,(H,28,29). The molecule has 0 unspecified atom stereocenters. The highest BCUT2D eigenvalue weighted by molar-refractivity contribution is 9.10. The maximum atomic E-state index is 12.5. The molecule has 1 aromatic heterocycles. The van der Waals surface area contributed by atoms with Crippen molar-refractivity contribution in [2.75, 3.05) is 7.11 Å². The molecule has 4 rings (SSSR count). The molecular formula is C23H18BrClN2O5. The molecule has 0 amide bonds. The Morgan fingerprint density at radius 3 is 2.66 bits per heavy atom. The quantitative estimate of drug-likeness (QED) is 0.327. The van der Waals surface area contributed by atoms with Gasteiger partial charge in [0, 0.05) is 22.0 Å². The number of methoxy groups -OCH3 is 1. The number of nitrogens with zero attached hydrogens (tertiary/aromatic N) is 2. The minimum absolute atomic E-state index is 0.0595. The minimum Gasteiger partial charge on any atom is -0.476 e. The molecule has 2 aliphatic rings. The predicted octanol–water partition coefficient (Wildman–Crippen LogP) is 5.76. The normalized spacial score (nSPS) is 11.1. The fraction of sp³-hybridized carbons (Fsp3) is 0.174. The molecule has 7 nitrogen and oxygen atoms in total. The van der Waals surface area contributed by atoms with Gasteiger partial charge in [-0.15, -0.1) is 0 Å². The highest BCUT2D eigenvalue weighted by Gasteiger charge is 2.29. The van der Waals surface area contributed by atoms with Crippen molar-refractivity contribution in [2.45, 2.75) is 19.9 Å². The Bertz CT molecular complexity index is 1310. The van der Waals surface area contributed by atoms with E-state index in [-0.39, 0.29) is 17.4 Å². The third kappa shape index (κ3) is 3.59. The van der Waals surface area contributed by atoms with Crippen LogP contribution in [-0.4, -0.2) is 33.7 Å². The molecule has 0 radical (unpaired) electrons. The second kappa shape index (κ2) is 8.80. The molecule has 0 atom stereocenters. The number of carbonyl (C=O) groups excluding carboxylic acids is 1. The van der Waals surface area contributed by atoms with Gasteiger partial charge in [0.1, 0.15) is 5.82 Å². The third-order valence-electron chi connectivity index (χ3n) is 5.31. The minimum atomic E-state index is -1.16. The molecular weight excluding hydrogens is 500 g/mol. The zero-order valence-electron chi connectivity index (χ0n) is 17.2. The van der Waals surface area contributed by atoms with Gasteiger partial charge in [-0.2, -0.15) is 0 Å². The van der Waals surface area contributed by atoms with Crippen LogP contribution in [0.1, 0.15) is 39.2 Å². The van der Waals surface area contributed by atoms with Crippen molar-refractivity contribution in [3.05, 3.63) is 75.1 Å². The summed E-state index contributed by atoms with van der Waals surface area (Å²) in [5, 5.41) is 9.70. The molecule has 0 fully saturated rings. The van der Waals surface area contributed by atoms with E-state index in [2.05, 4.69) is 20.9 Å². The smallest absolute Gasteiger partial charge is 0.355 e. The predicted molar refractivity (Wildman–Crippen MR) is 122 cm³/mol. The van der Waals surface area contributed by atoms with Crippen molar-refractivity contribution < 1.29 is 23.8 Å². The van der Waals surface area contributed by atoms with E-state index in [0.717, 1.165) is 26.7 Å². The number of esters is 1. The Kier molecular flexibility index (Phi) is 6.08. The molecule has 9 heteroatoms. The molecule has 0 bridgehead atoms. The van der Waals surface area contributed by atoms with Crippen molar-refractivity contribution in [2.24, 2.45) is 0 Å². The van der Waals surface area contributed by atoms with Crippen molar-refractivity contribution >= 4 is 39.5 Å². The van der Waals surface area contributed by atoms with Crippen LogP contribution < -0.4 is 0 Å². The Labute approximate surface area is 197 Å². The lowest BCUT2D eigenvalue weighted by atomic mass is 9.97. The van der Waals surface area contributed by atoms with Gasteiger partial charge in [-0.3, -0.25) is 0 Å². The molecule has 2 heterocycles. The maximum absolute atomic E-state index is 12.5. The molecule has 0 saturated carbocycles. The number of hydrogen-bond donors (Lipinski definition) is 1. The fourth-order valence-electron chi connectivity index (χ4n) is 3.91. The van der Waals surface area contributed by atoms with Gasteiger partial charge in [-0.25, -0.2) is 14.6 Å². The number of carbonyl (C=O) groups is 2. The maximum Gasteiger partial charge on any atom is 0.355 e. The fourth-order valence-corrected chi connectivity index (χ4v) is 4.95. The average Bonchev–Trinajstić information content (AvgIpc) is 3.27. The molecule has 1 aliphatic heterocycles. The number of rotatable bonds is 6. The number of aromatic carboxylic acids is 1. The molecule has 0 spiro atoms. The van der Waals surface area contributed by atoms with Gasteiger partial charge >= 0.3 is 11.9 Å². The highest BCUT2D eigenvalue weighted by Crippen LogP contribution is 2.47. The van der Waals surface area contributed by atoms with Crippen molar-refractivity contribution in [3.8, 4) is 22.3 Å². The number of carboxylic acids is 1. The van der Waals surface area contributed by atoms with E-state index in [9.17, 15) is 14.7 Å². The van der Waals surface area contributed by atoms with Gasteiger partial charge in [0.15, 0.2) is 10.8 Å². The second-order valence-electron chi connectivity index (χ2n) is 7.00. The van der Waals surface area contributed by atoms with E-state index in [1.807, 2.05) is 25.1 Å². The van der Waals surface area contributed by atoms with Crippen molar-refractivity contribution in [1.29, 1.82) is 0 Å². The van der Waals surface area contributed by atoms with E-state index in [4.69, 9.17) is 20.8 Å². The molecule has 0 saturated heterocycles. The Morgan fingerprint density at radius 2 is 1.97 bits per heavy atom. The Balaban J connectivity index is 2.02. The van der Waals surface area contributed by atoms with Crippen molar-refractivity contribution in [1.82, 2.24) is 9.55 Å². The zero-order chi connectivity index (χ0) is 23.0. The number of imidazole rings is 1. The van der Waals surface area contributed by atoms with E-state index in [0.29, 0.717) is 23.4 Å². The molecule has 1 aliphatic carbocycles. The van der Waals surface area contributed by atoms with Crippen LogP contribution in [0.4, 0.5) is 0 Å². The SMILES string of the molecule is CCc1nc(Cl)c(C(=O)O)n1Cc1c2ccocc-2c(Br)c1-c1ccccc1C(=O)OC. The number of fused-ring (bicyclic) bond motifs is 1. The number of hydrogen-bond acceptors (Lipinski definition) is 5. The zero-order valence-corrected chi connectivity index (χ0v) is 19.5. The number of benzene rings is 1. The summed E-state index contributed by atoms with van der Waals surface area (Å²) in [6.45, 7) is 2.06. The largest absolute Gasteiger partial charge is 0.476 e. The molecule has 32 heavy (non-hydrogen) atoms. The van der Waals surface area contributed by atoms with Crippen LogP contribution in [0, 0.1) is 0 Å². The highest BCUT2D eigenvalue weighted by atomic mass is 79.9. The summed E-state index contributed by atoms with van der Waals surface area (Å²) in [5.74, 6) is -1.09. The third-order valence-corrected chi connectivity index (χ3v) is 6.40. The summed E-state index contributed by atoms with van der Waals surface area (Å²) in [6.07, 6.45) is 3.65. The van der Waals surface area contributed by atoms with Crippen LogP contribution in [0.15, 0.2) is 51.7 Å². The number of aromatic nitrogens is 2. The van der Waals surface area contributed by atoms with Crippen LogP contribution in [0.5, 0.6) is 0 Å². The van der Waals surface area contributed by atoms with Gasteiger partial charge < -0.3 is 18.8 Å². The summed E-state index contributed by atoms with van der Waals surface area (Å²) >= 11 is 9.82. The van der Waals surface area contributed by atoms with E-state index >= 15 is 0 Å². The number of halogens is 2. The number of carboxylic acid groups (broad SMARTS) is 1. The van der Waals surface area contributed by atoms with Gasteiger partial charge in [0.2, 0.25) is 0 Å². The molecule has 164 valence electrons. The van der Waals surface area contributed by atoms with Gasteiger partial charge in [0.25, 0.3) is 0 Å². The van der Waals surface area contributed by atoms with Crippen molar-refractivity contribution in [3.63, 3.8) is 0 Å². The summed E-state index contributed by atoms with van der Waals surface area (Å²) in [5.41, 5.74) is 4.14. The van der Waals surface area contributed by atoms with Gasteiger partial charge in [0.05, 0.1) is 31.7 Å². The first kappa shape index (κ1) is 22.1. The topological polar surface area (TPSA) is 94.6 Å². The van der Waals surface area contributed by atoms with Crippen LogP contribution in [0.3, 0.4) is 0 Å². The lowest BCUT2D eigenvalue weighted by molar-refractivity contribution is 0.0600. The van der Waals surface area contributed by atoms with Crippen LogP contribution in [0.25, 0.3) is 22.3 Å². The first-order valence-electron chi connectivity index (χ1n) is 9.71. The lowest BCUT2D eigenvalue weighted by Gasteiger charge is -2.14. The summed E-state index contributed by atoms with van der Waals surface area (Å²) in [7, 11) is 1.33. The Morgan fingerprint density at radius 1 is 1.22 bits per heavy atom. The number of ether oxygens (including phenoxy) is 1. The van der Waals surface area contributed by atoms with E-state index in [1.165, 1.54) is 7.11 Å². The molecule has 1 N–H and O–H groups in total. The molecule has 2 aromatic rings. The summed E-state index contributed by atoms with van der Waals surface area (Å²) in [6, 6.07) is 8.91. The monoisotopic (exact) mass is 516 g/mol. The van der Waals surface area contributed by atoms with E-state index in [1.54, 1.807) is 29.2 Å². The molecule has 1 aromatic carbocycles. The van der Waals surface area contributed by atoms with Gasteiger partial charge in [-0.05, 0) is 44.8 Å². The second-order valence-corrected chi connectivity index (χ2v) is 8.15. The number of aryl methyl sites for hydroxylation is 1.